The normalized spacial score (nSPS) is 12.5. The summed E-state index contributed by atoms with van der Waals surface area (Å²) >= 11 is 0. The minimum Gasteiger partial charge on any atom is -0.508 e. The number of pyridine rings is 2. The number of phenols is 2. The number of hydrogen-bond acceptors (Lipinski definition) is 6. The Morgan fingerprint density at radius 1 is 0.576 bits per heavy atom. The van der Waals surface area contributed by atoms with Crippen LogP contribution in [-0.4, -0.2) is 33.3 Å². The molecule has 0 aliphatic carbocycles. The summed E-state index contributed by atoms with van der Waals surface area (Å²) in [6, 6.07) is 25.6. The molecule has 2 unspecified atom stereocenters. The van der Waals surface area contributed by atoms with Gasteiger partial charge in [0, 0.05) is 36.6 Å². The largest absolute Gasteiger partial charge is 0.508 e. The maximum atomic E-state index is 10.4. The van der Waals surface area contributed by atoms with Crippen molar-refractivity contribution in [3.05, 3.63) is 120 Å². The molecule has 6 nitrogen and oxygen atoms in total. The molecule has 4 rings (SSSR count). The van der Waals surface area contributed by atoms with Gasteiger partial charge in [0.1, 0.15) is 11.5 Å². The Bertz CT molecular complexity index is 1030. The van der Waals surface area contributed by atoms with Crippen molar-refractivity contribution in [1.29, 1.82) is 0 Å². The molecule has 0 saturated heterocycles. The smallest absolute Gasteiger partial charge is 0.120 e. The molecule has 33 heavy (non-hydrogen) atoms. The quantitative estimate of drug-likeness (QED) is 0.284. The molecule has 0 bridgehead atoms. The molecule has 0 saturated carbocycles. The lowest BCUT2D eigenvalue weighted by Crippen LogP contribution is -2.34. The molecule has 2 aromatic carbocycles. The molecule has 4 aromatic rings. The van der Waals surface area contributed by atoms with Crippen molar-refractivity contribution in [3.63, 3.8) is 0 Å². The minimum absolute atomic E-state index is 0. The maximum absolute atomic E-state index is 10.4. The van der Waals surface area contributed by atoms with Crippen molar-refractivity contribution >= 4 is 0 Å². The summed E-state index contributed by atoms with van der Waals surface area (Å²) in [5.74, 6) is 0.452. The zero-order chi connectivity index (χ0) is 22.2. The number of hydrogen-bond donors (Lipinski definition) is 4. The van der Waals surface area contributed by atoms with Crippen LogP contribution in [0.2, 0.25) is 0 Å². The van der Waals surface area contributed by atoms with Crippen molar-refractivity contribution in [1.82, 2.24) is 20.6 Å². The van der Waals surface area contributed by atoms with Gasteiger partial charge in [0.05, 0.1) is 23.5 Å². The van der Waals surface area contributed by atoms with Gasteiger partial charge in [-0.3, -0.25) is 9.97 Å². The van der Waals surface area contributed by atoms with Gasteiger partial charge in [-0.2, -0.15) is 0 Å². The van der Waals surface area contributed by atoms with Crippen molar-refractivity contribution in [3.8, 4) is 11.5 Å². The number of aromatic hydroxyl groups is 2. The average Bonchev–Trinajstić information content (AvgIpc) is 2.84. The molecule has 6 heteroatoms. The topological polar surface area (TPSA) is 90.3 Å². The van der Waals surface area contributed by atoms with Crippen LogP contribution in [-0.2, 0) is 0 Å². The van der Waals surface area contributed by atoms with Crippen LogP contribution in [0.15, 0.2) is 97.3 Å². The second kappa shape index (κ2) is 11.8. The molecule has 170 valence electrons. The Morgan fingerprint density at radius 2 is 0.970 bits per heavy atom. The summed E-state index contributed by atoms with van der Waals surface area (Å²) in [6.07, 6.45) is 3.50. The molecule has 0 fully saturated rings. The first-order valence-corrected chi connectivity index (χ1v) is 10.6. The van der Waals surface area contributed by atoms with E-state index in [1.54, 1.807) is 36.7 Å². The average molecular weight is 443 g/mol. The highest BCUT2D eigenvalue weighted by atomic mass is 16.3. The van der Waals surface area contributed by atoms with E-state index >= 15 is 0 Å². The third kappa shape index (κ3) is 5.94. The first-order chi connectivity index (χ1) is 15.7. The molecular formula is C27H30N4O2. The third-order valence-electron chi connectivity index (χ3n) is 5.28. The Kier molecular flexibility index (Phi) is 8.52. The monoisotopic (exact) mass is 442 g/mol. The van der Waals surface area contributed by atoms with Crippen LogP contribution in [0.4, 0.5) is 0 Å². The molecular weight excluding hydrogens is 412 g/mol. The van der Waals surface area contributed by atoms with E-state index in [0.717, 1.165) is 22.5 Å². The molecule has 0 radical (unpaired) electrons. The standard InChI is InChI=1S/C26H26N4O2.CH4/c31-23-13-3-1-9-19(23)25(21-11-5-7-15-27-21)29-17-18-30-26(22-12-6-8-16-28-22)20-10-2-4-14-24(20)32;/h1-16,25-26,29-32H,17-18H2;1H4. The third-order valence-corrected chi connectivity index (χ3v) is 5.28. The lowest BCUT2D eigenvalue weighted by Gasteiger charge is -2.23. The van der Waals surface area contributed by atoms with Crippen molar-refractivity contribution in [2.24, 2.45) is 0 Å². The Hall–Kier alpha value is -3.74. The van der Waals surface area contributed by atoms with Crippen LogP contribution in [0.1, 0.15) is 42.0 Å². The van der Waals surface area contributed by atoms with E-state index in [9.17, 15) is 10.2 Å². The van der Waals surface area contributed by atoms with Gasteiger partial charge in [0.15, 0.2) is 0 Å². The van der Waals surface area contributed by atoms with E-state index < -0.39 is 0 Å². The van der Waals surface area contributed by atoms with Crippen LogP contribution in [0.5, 0.6) is 11.5 Å². The molecule has 0 amide bonds. The van der Waals surface area contributed by atoms with Gasteiger partial charge < -0.3 is 20.8 Å². The van der Waals surface area contributed by atoms with Gasteiger partial charge in [-0.1, -0.05) is 56.0 Å². The van der Waals surface area contributed by atoms with Gasteiger partial charge in [-0.25, -0.2) is 0 Å². The van der Waals surface area contributed by atoms with E-state index in [0.29, 0.717) is 13.1 Å². The van der Waals surface area contributed by atoms with E-state index in [1.807, 2.05) is 60.7 Å². The van der Waals surface area contributed by atoms with Crippen LogP contribution in [0.3, 0.4) is 0 Å². The lowest BCUT2D eigenvalue weighted by atomic mass is 10.0. The second-order valence-corrected chi connectivity index (χ2v) is 7.40. The zero-order valence-electron chi connectivity index (χ0n) is 17.6. The summed E-state index contributed by atoms with van der Waals surface area (Å²) in [5, 5.41) is 27.8. The van der Waals surface area contributed by atoms with Gasteiger partial charge in [0.25, 0.3) is 0 Å². The second-order valence-electron chi connectivity index (χ2n) is 7.40. The highest BCUT2D eigenvalue weighted by molar-refractivity contribution is 5.40. The van der Waals surface area contributed by atoms with E-state index in [4.69, 9.17) is 0 Å². The van der Waals surface area contributed by atoms with Gasteiger partial charge in [-0.05, 0) is 36.4 Å². The van der Waals surface area contributed by atoms with Gasteiger partial charge >= 0.3 is 0 Å². The fraction of sp³-hybridized carbons (Fsp3) is 0.185. The van der Waals surface area contributed by atoms with Crippen LogP contribution >= 0.6 is 0 Å². The summed E-state index contributed by atoms with van der Waals surface area (Å²) in [7, 11) is 0. The number of benzene rings is 2. The van der Waals surface area contributed by atoms with Crippen LogP contribution in [0, 0.1) is 0 Å². The SMILES string of the molecule is C.Oc1ccccc1C(NCCNC(c1ccccn1)c1ccccc1O)c1ccccn1. The Balaban J connectivity index is 0.00000306. The number of nitrogens with one attached hydrogen (secondary N) is 2. The first-order valence-electron chi connectivity index (χ1n) is 10.6. The van der Waals surface area contributed by atoms with Gasteiger partial charge in [-0.15, -0.1) is 0 Å². The number of rotatable bonds is 9. The van der Waals surface area contributed by atoms with E-state index in [-0.39, 0.29) is 31.0 Å². The molecule has 2 atom stereocenters. The molecule has 2 heterocycles. The fourth-order valence-corrected chi connectivity index (χ4v) is 3.74. The summed E-state index contributed by atoms with van der Waals surface area (Å²) in [6.45, 7) is 1.21. The maximum Gasteiger partial charge on any atom is 0.120 e. The number of phenolic OH excluding ortho intramolecular Hbond substituents is 2. The highest BCUT2D eigenvalue weighted by Crippen LogP contribution is 2.29. The predicted molar refractivity (Wildman–Crippen MR) is 131 cm³/mol. The van der Waals surface area contributed by atoms with Crippen molar-refractivity contribution in [2.45, 2.75) is 19.5 Å². The molecule has 4 N–H and O–H groups in total. The summed E-state index contributed by atoms with van der Waals surface area (Å²) in [4.78, 5) is 8.96. The number of para-hydroxylation sites is 2. The van der Waals surface area contributed by atoms with E-state index in [1.165, 1.54) is 0 Å². The van der Waals surface area contributed by atoms with Crippen molar-refractivity contribution in [2.75, 3.05) is 13.1 Å². The van der Waals surface area contributed by atoms with E-state index in [2.05, 4.69) is 20.6 Å². The first kappa shape index (κ1) is 23.9. The number of aromatic nitrogens is 2. The molecule has 0 aliphatic rings. The molecule has 0 aliphatic heterocycles. The summed E-state index contributed by atoms with van der Waals surface area (Å²) in [5.41, 5.74) is 3.20. The lowest BCUT2D eigenvalue weighted by molar-refractivity contribution is 0.446. The van der Waals surface area contributed by atoms with Gasteiger partial charge in [0.2, 0.25) is 0 Å². The molecule has 2 aromatic heterocycles. The summed E-state index contributed by atoms with van der Waals surface area (Å²) < 4.78 is 0. The highest BCUT2D eigenvalue weighted by Gasteiger charge is 2.20. The minimum atomic E-state index is -0.252. The van der Waals surface area contributed by atoms with Crippen molar-refractivity contribution < 1.29 is 10.2 Å². The Morgan fingerprint density at radius 3 is 1.33 bits per heavy atom. The fourth-order valence-electron chi connectivity index (χ4n) is 3.74. The Labute approximate surface area is 195 Å². The number of nitrogens with zero attached hydrogens (tertiary/aromatic N) is 2. The molecule has 0 spiro atoms. The predicted octanol–water partition coefficient (Wildman–Crippen LogP) is 4.58. The zero-order valence-corrected chi connectivity index (χ0v) is 17.6. The van der Waals surface area contributed by atoms with Crippen LogP contribution < -0.4 is 10.6 Å². The van der Waals surface area contributed by atoms with Crippen LogP contribution in [0.25, 0.3) is 0 Å².